The number of rotatable bonds is 7. The van der Waals surface area contributed by atoms with Gasteiger partial charge in [0.15, 0.2) is 0 Å². The molecule has 0 spiro atoms. The third-order valence-corrected chi connectivity index (χ3v) is 4.77. The number of carbonyl (C=O) groups is 1. The molecule has 1 heterocycles. The van der Waals surface area contributed by atoms with E-state index in [9.17, 15) is 4.79 Å². The third-order valence-electron chi connectivity index (χ3n) is 4.77. The normalized spacial score (nSPS) is 16.3. The molecule has 1 aliphatic rings. The van der Waals surface area contributed by atoms with E-state index in [0.29, 0.717) is 32.0 Å². The number of benzene rings is 2. The van der Waals surface area contributed by atoms with E-state index in [2.05, 4.69) is 12.1 Å². The van der Waals surface area contributed by atoms with Gasteiger partial charge in [-0.15, -0.1) is 12.4 Å². The van der Waals surface area contributed by atoms with E-state index < -0.39 is 0 Å². The van der Waals surface area contributed by atoms with Crippen molar-refractivity contribution in [3.63, 3.8) is 0 Å². The lowest BCUT2D eigenvalue weighted by Crippen LogP contribution is -2.29. The minimum atomic E-state index is 0. The van der Waals surface area contributed by atoms with Crippen molar-refractivity contribution < 1.29 is 9.53 Å². The monoisotopic (exact) mass is 374 g/mol. The van der Waals surface area contributed by atoms with Crippen molar-refractivity contribution in [2.45, 2.75) is 25.9 Å². The molecule has 1 unspecified atom stereocenters. The summed E-state index contributed by atoms with van der Waals surface area (Å²) < 4.78 is 5.82. The fourth-order valence-electron chi connectivity index (χ4n) is 3.27. The summed E-state index contributed by atoms with van der Waals surface area (Å²) >= 11 is 0. The molecule has 2 aromatic rings. The van der Waals surface area contributed by atoms with E-state index in [1.165, 1.54) is 5.56 Å². The van der Waals surface area contributed by atoms with Gasteiger partial charge in [0.25, 0.3) is 0 Å². The SMILES string of the molecule is Cl.Nc1ccccc1CCC(=O)N1CCC(COCc2ccccc2)C1. The quantitative estimate of drug-likeness (QED) is 0.752. The first-order valence-electron chi connectivity index (χ1n) is 8.95. The van der Waals surface area contributed by atoms with Gasteiger partial charge in [-0.25, -0.2) is 0 Å². The number of carbonyl (C=O) groups excluding carboxylic acids is 1. The molecule has 3 rings (SSSR count). The van der Waals surface area contributed by atoms with Crippen LogP contribution in [0.2, 0.25) is 0 Å². The van der Waals surface area contributed by atoms with Gasteiger partial charge in [0.1, 0.15) is 0 Å². The van der Waals surface area contributed by atoms with Gasteiger partial charge in [-0.05, 0) is 30.0 Å². The number of halogens is 1. The van der Waals surface area contributed by atoms with E-state index in [0.717, 1.165) is 30.8 Å². The highest BCUT2D eigenvalue weighted by Crippen LogP contribution is 2.19. The van der Waals surface area contributed by atoms with Crippen molar-refractivity contribution in [3.05, 3.63) is 65.7 Å². The molecular weight excluding hydrogens is 348 g/mol. The lowest BCUT2D eigenvalue weighted by Gasteiger charge is -2.17. The van der Waals surface area contributed by atoms with Crippen LogP contribution in [0, 0.1) is 5.92 Å². The standard InChI is InChI=1S/C21H26N2O2.ClH/c22-20-9-5-4-8-19(20)10-11-21(24)23-13-12-18(14-23)16-25-15-17-6-2-1-3-7-17;/h1-9,18H,10-16,22H2;1H. The maximum atomic E-state index is 12.4. The maximum absolute atomic E-state index is 12.4. The Morgan fingerprint density at radius 2 is 1.85 bits per heavy atom. The lowest BCUT2D eigenvalue weighted by molar-refractivity contribution is -0.130. The van der Waals surface area contributed by atoms with Gasteiger partial charge in [0, 0.05) is 31.1 Å². The molecule has 26 heavy (non-hydrogen) atoms. The van der Waals surface area contributed by atoms with Crippen molar-refractivity contribution in [1.29, 1.82) is 0 Å². The molecule has 0 saturated carbocycles. The summed E-state index contributed by atoms with van der Waals surface area (Å²) in [5.41, 5.74) is 8.95. The fourth-order valence-corrected chi connectivity index (χ4v) is 3.27. The van der Waals surface area contributed by atoms with Crippen LogP contribution in [0.5, 0.6) is 0 Å². The topological polar surface area (TPSA) is 55.6 Å². The van der Waals surface area contributed by atoms with Crippen molar-refractivity contribution in [2.75, 3.05) is 25.4 Å². The average molecular weight is 375 g/mol. The Morgan fingerprint density at radius 1 is 1.12 bits per heavy atom. The summed E-state index contributed by atoms with van der Waals surface area (Å²) in [5, 5.41) is 0. The number of para-hydroxylation sites is 1. The molecule has 1 atom stereocenters. The number of nitrogens with two attached hydrogens (primary N) is 1. The van der Waals surface area contributed by atoms with Gasteiger partial charge in [0.05, 0.1) is 13.2 Å². The second-order valence-electron chi connectivity index (χ2n) is 6.69. The molecule has 1 saturated heterocycles. The number of hydrogen-bond donors (Lipinski definition) is 1. The summed E-state index contributed by atoms with van der Waals surface area (Å²) in [7, 11) is 0. The van der Waals surface area contributed by atoms with Gasteiger partial charge < -0.3 is 15.4 Å². The van der Waals surface area contributed by atoms with Crippen molar-refractivity contribution in [2.24, 2.45) is 5.92 Å². The molecule has 0 radical (unpaired) electrons. The van der Waals surface area contributed by atoms with Crippen LogP contribution in [0.1, 0.15) is 24.0 Å². The smallest absolute Gasteiger partial charge is 0.222 e. The molecule has 1 fully saturated rings. The predicted octanol–water partition coefficient (Wildman–Crippen LogP) is 3.69. The van der Waals surface area contributed by atoms with E-state index in [-0.39, 0.29) is 18.3 Å². The molecule has 4 nitrogen and oxygen atoms in total. The highest BCUT2D eigenvalue weighted by atomic mass is 35.5. The molecule has 1 amide bonds. The molecular formula is C21H27ClN2O2. The zero-order valence-corrected chi connectivity index (χ0v) is 15.8. The lowest BCUT2D eigenvalue weighted by atomic mass is 10.1. The van der Waals surface area contributed by atoms with Crippen LogP contribution in [-0.4, -0.2) is 30.5 Å². The van der Waals surface area contributed by atoms with Crippen LogP contribution >= 0.6 is 12.4 Å². The Labute approximate surface area is 161 Å². The molecule has 2 aromatic carbocycles. The van der Waals surface area contributed by atoms with Crippen LogP contribution in [0.15, 0.2) is 54.6 Å². The van der Waals surface area contributed by atoms with Gasteiger partial charge in [0.2, 0.25) is 5.91 Å². The minimum Gasteiger partial charge on any atom is -0.399 e. The Hall–Kier alpha value is -2.04. The largest absolute Gasteiger partial charge is 0.399 e. The number of aryl methyl sites for hydroxylation is 1. The van der Waals surface area contributed by atoms with Crippen LogP contribution in [0.25, 0.3) is 0 Å². The van der Waals surface area contributed by atoms with Crippen LogP contribution in [-0.2, 0) is 22.6 Å². The summed E-state index contributed by atoms with van der Waals surface area (Å²) in [6, 6.07) is 17.9. The van der Waals surface area contributed by atoms with Crippen LogP contribution < -0.4 is 5.73 Å². The summed E-state index contributed by atoms with van der Waals surface area (Å²) in [6.07, 6.45) is 2.25. The number of likely N-dealkylation sites (tertiary alicyclic amines) is 1. The number of anilines is 1. The van der Waals surface area contributed by atoms with Crippen molar-refractivity contribution in [3.8, 4) is 0 Å². The average Bonchev–Trinajstić information content (AvgIpc) is 3.11. The van der Waals surface area contributed by atoms with E-state index in [1.54, 1.807) is 0 Å². The molecule has 140 valence electrons. The van der Waals surface area contributed by atoms with Crippen LogP contribution in [0.4, 0.5) is 5.69 Å². The summed E-state index contributed by atoms with van der Waals surface area (Å²) in [4.78, 5) is 14.4. The molecule has 5 heteroatoms. The number of nitrogens with zero attached hydrogens (tertiary/aromatic N) is 1. The first kappa shape index (κ1) is 20.3. The molecule has 0 aliphatic carbocycles. The molecule has 1 aliphatic heterocycles. The second-order valence-corrected chi connectivity index (χ2v) is 6.69. The number of nitrogen functional groups attached to an aromatic ring is 1. The second kappa shape index (κ2) is 10.2. The Kier molecular flexibility index (Phi) is 7.95. The highest BCUT2D eigenvalue weighted by molar-refractivity contribution is 5.85. The fraction of sp³-hybridized carbons (Fsp3) is 0.381. The van der Waals surface area contributed by atoms with Crippen LogP contribution in [0.3, 0.4) is 0 Å². The minimum absolute atomic E-state index is 0. The first-order chi connectivity index (χ1) is 12.2. The van der Waals surface area contributed by atoms with Gasteiger partial charge >= 0.3 is 0 Å². The van der Waals surface area contributed by atoms with Gasteiger partial charge in [-0.1, -0.05) is 48.5 Å². The zero-order chi connectivity index (χ0) is 17.5. The molecule has 2 N–H and O–H groups in total. The Morgan fingerprint density at radius 3 is 2.62 bits per heavy atom. The number of amides is 1. The van der Waals surface area contributed by atoms with Gasteiger partial charge in [-0.3, -0.25) is 4.79 Å². The summed E-state index contributed by atoms with van der Waals surface area (Å²) in [5.74, 6) is 0.656. The number of ether oxygens (including phenoxy) is 1. The molecule has 0 bridgehead atoms. The van der Waals surface area contributed by atoms with E-state index >= 15 is 0 Å². The molecule has 0 aromatic heterocycles. The van der Waals surface area contributed by atoms with Crippen molar-refractivity contribution >= 4 is 24.0 Å². The first-order valence-corrected chi connectivity index (χ1v) is 8.95. The Balaban J connectivity index is 0.00000243. The van der Waals surface area contributed by atoms with Gasteiger partial charge in [-0.2, -0.15) is 0 Å². The predicted molar refractivity (Wildman–Crippen MR) is 107 cm³/mol. The third kappa shape index (κ3) is 5.75. The highest BCUT2D eigenvalue weighted by Gasteiger charge is 2.26. The van der Waals surface area contributed by atoms with Crippen molar-refractivity contribution in [1.82, 2.24) is 4.90 Å². The van der Waals surface area contributed by atoms with E-state index in [4.69, 9.17) is 10.5 Å². The Bertz CT molecular complexity index is 693. The zero-order valence-electron chi connectivity index (χ0n) is 15.0. The maximum Gasteiger partial charge on any atom is 0.222 e. The summed E-state index contributed by atoms with van der Waals surface area (Å²) in [6.45, 7) is 2.99. The van der Waals surface area contributed by atoms with E-state index in [1.807, 2.05) is 47.4 Å². The number of hydrogen-bond acceptors (Lipinski definition) is 3.